The molecule has 2 fully saturated rings. The molecule has 0 saturated carbocycles. The quantitative estimate of drug-likeness (QED) is 0.668. The maximum absolute atomic E-state index is 2.47. The summed E-state index contributed by atoms with van der Waals surface area (Å²) >= 11 is 2.30. The third-order valence-corrected chi connectivity index (χ3v) is 7.22. The van der Waals surface area contributed by atoms with Gasteiger partial charge < -0.3 is 0 Å². The van der Waals surface area contributed by atoms with Crippen molar-refractivity contribution >= 4 is 22.5 Å². The van der Waals surface area contributed by atoms with E-state index >= 15 is 0 Å². The van der Waals surface area contributed by atoms with Crippen LogP contribution in [0.1, 0.15) is 50.5 Å². The van der Waals surface area contributed by atoms with Gasteiger partial charge in [-0.1, -0.05) is 55.8 Å². The molecule has 2 aliphatic heterocycles. The van der Waals surface area contributed by atoms with Crippen LogP contribution in [0.3, 0.4) is 0 Å². The van der Waals surface area contributed by atoms with E-state index in [1.54, 1.807) is 5.56 Å². The normalized spacial score (nSPS) is 31.7. The SMILES string of the molecule is CCC[C@@H]1[C@@H]2CCC(C[C@H]1c1ccc3ccccc3c1)S2. The molecule has 2 aromatic carbocycles. The number of rotatable bonds is 3. The molecule has 2 bridgehead atoms. The molecule has 0 amide bonds. The van der Waals surface area contributed by atoms with Gasteiger partial charge in [0.05, 0.1) is 0 Å². The first-order valence-corrected chi connectivity index (χ1v) is 9.43. The minimum atomic E-state index is 0.799. The summed E-state index contributed by atoms with van der Waals surface area (Å²) in [5.74, 6) is 1.70. The minimum absolute atomic E-state index is 0.799. The molecule has 21 heavy (non-hydrogen) atoms. The van der Waals surface area contributed by atoms with E-state index in [1.165, 1.54) is 42.9 Å². The van der Waals surface area contributed by atoms with Crippen molar-refractivity contribution in [3.63, 3.8) is 0 Å². The molecule has 0 nitrogen and oxygen atoms in total. The molecule has 0 aliphatic carbocycles. The summed E-state index contributed by atoms with van der Waals surface area (Å²) in [6.45, 7) is 2.35. The molecule has 0 N–H and O–H groups in total. The third-order valence-electron chi connectivity index (χ3n) is 5.48. The topological polar surface area (TPSA) is 0 Å². The van der Waals surface area contributed by atoms with Crippen LogP contribution in [0.5, 0.6) is 0 Å². The summed E-state index contributed by atoms with van der Waals surface area (Å²) in [4.78, 5) is 0. The Morgan fingerprint density at radius 2 is 1.90 bits per heavy atom. The highest BCUT2D eigenvalue weighted by Crippen LogP contribution is 2.54. The lowest BCUT2D eigenvalue weighted by Gasteiger charge is -2.37. The second kappa shape index (κ2) is 5.68. The maximum Gasteiger partial charge on any atom is 0.00843 e. The van der Waals surface area contributed by atoms with Gasteiger partial charge in [0.1, 0.15) is 0 Å². The fraction of sp³-hybridized carbons (Fsp3) is 0.500. The summed E-state index contributed by atoms with van der Waals surface area (Å²) in [7, 11) is 0. The smallest absolute Gasteiger partial charge is 0.00843 e. The molecule has 4 rings (SSSR count). The molecule has 1 heteroatoms. The Hall–Kier alpha value is -0.950. The number of fused-ring (bicyclic) bond motifs is 3. The van der Waals surface area contributed by atoms with Crippen molar-refractivity contribution in [2.75, 3.05) is 0 Å². The van der Waals surface area contributed by atoms with Gasteiger partial charge in [-0.25, -0.2) is 0 Å². The van der Waals surface area contributed by atoms with E-state index < -0.39 is 0 Å². The van der Waals surface area contributed by atoms with Crippen molar-refractivity contribution in [1.82, 2.24) is 0 Å². The van der Waals surface area contributed by atoms with Gasteiger partial charge in [-0.15, -0.1) is 0 Å². The van der Waals surface area contributed by atoms with Crippen LogP contribution in [0.15, 0.2) is 42.5 Å². The highest BCUT2D eigenvalue weighted by Gasteiger charge is 2.42. The summed E-state index contributed by atoms with van der Waals surface area (Å²) < 4.78 is 0. The van der Waals surface area contributed by atoms with Crippen molar-refractivity contribution in [3.05, 3.63) is 48.0 Å². The first kappa shape index (κ1) is 13.7. The zero-order valence-corrected chi connectivity index (χ0v) is 13.6. The van der Waals surface area contributed by atoms with Gasteiger partial charge in [-0.2, -0.15) is 11.8 Å². The molecule has 2 aliphatic rings. The molecule has 110 valence electrons. The lowest BCUT2D eigenvalue weighted by atomic mass is 9.79. The van der Waals surface area contributed by atoms with E-state index in [0.717, 1.165) is 22.3 Å². The Morgan fingerprint density at radius 3 is 2.76 bits per heavy atom. The van der Waals surface area contributed by atoms with E-state index in [0.29, 0.717) is 0 Å². The second-order valence-corrected chi connectivity index (χ2v) is 8.32. The summed E-state index contributed by atoms with van der Waals surface area (Å²) in [5, 5.41) is 4.65. The molecular weight excluding hydrogens is 272 g/mol. The van der Waals surface area contributed by atoms with Crippen LogP contribution in [-0.4, -0.2) is 10.5 Å². The minimum Gasteiger partial charge on any atom is -0.155 e. The van der Waals surface area contributed by atoms with E-state index in [2.05, 4.69) is 61.2 Å². The van der Waals surface area contributed by atoms with Gasteiger partial charge in [0, 0.05) is 10.5 Å². The largest absolute Gasteiger partial charge is 0.155 e. The van der Waals surface area contributed by atoms with Gasteiger partial charge in [0.2, 0.25) is 0 Å². The van der Waals surface area contributed by atoms with Crippen LogP contribution in [0, 0.1) is 5.92 Å². The zero-order valence-electron chi connectivity index (χ0n) is 12.8. The molecular formula is C20H24S. The summed E-state index contributed by atoms with van der Waals surface area (Å²) in [6.07, 6.45) is 7.06. The monoisotopic (exact) mass is 296 g/mol. The Bertz CT molecular complexity index is 633. The molecule has 1 unspecified atom stereocenters. The fourth-order valence-electron chi connectivity index (χ4n) is 4.48. The van der Waals surface area contributed by atoms with Crippen LogP contribution < -0.4 is 0 Å². The third kappa shape index (κ3) is 2.50. The van der Waals surface area contributed by atoms with Crippen molar-refractivity contribution in [2.24, 2.45) is 5.92 Å². The van der Waals surface area contributed by atoms with Gasteiger partial charge >= 0.3 is 0 Å². The number of benzene rings is 2. The van der Waals surface area contributed by atoms with Crippen molar-refractivity contribution in [1.29, 1.82) is 0 Å². The molecule has 2 saturated heterocycles. The molecule has 0 radical (unpaired) electrons. The molecule has 2 heterocycles. The zero-order chi connectivity index (χ0) is 14.2. The lowest BCUT2D eigenvalue weighted by molar-refractivity contribution is 0.370. The Labute approximate surface area is 132 Å². The molecule has 2 aromatic rings. The van der Waals surface area contributed by atoms with E-state index in [1.807, 2.05) is 0 Å². The summed E-state index contributed by atoms with van der Waals surface area (Å²) in [6, 6.07) is 16.0. The predicted octanol–water partition coefficient (Wildman–Crippen LogP) is 6.01. The molecule has 0 aromatic heterocycles. The van der Waals surface area contributed by atoms with Gasteiger partial charge in [0.25, 0.3) is 0 Å². The average Bonchev–Trinajstić information content (AvgIpc) is 2.92. The number of hydrogen-bond donors (Lipinski definition) is 0. The highest BCUT2D eigenvalue weighted by molar-refractivity contribution is 8.00. The van der Waals surface area contributed by atoms with Crippen molar-refractivity contribution in [2.45, 2.75) is 55.4 Å². The van der Waals surface area contributed by atoms with Gasteiger partial charge in [0.15, 0.2) is 0 Å². The van der Waals surface area contributed by atoms with E-state index in [9.17, 15) is 0 Å². The Balaban J connectivity index is 1.71. The first-order valence-electron chi connectivity index (χ1n) is 8.49. The number of hydrogen-bond acceptors (Lipinski definition) is 1. The van der Waals surface area contributed by atoms with Crippen LogP contribution in [-0.2, 0) is 0 Å². The standard InChI is InChI=1S/C20H24S/c1-2-5-18-19(13-17-10-11-20(18)21-17)16-9-8-14-6-3-4-7-15(14)12-16/h3-4,6-9,12,17-20H,2,5,10-11,13H2,1H3/t17?,18-,19-,20-/m0/s1. The number of thioether (sulfide) groups is 1. The van der Waals surface area contributed by atoms with E-state index in [-0.39, 0.29) is 0 Å². The van der Waals surface area contributed by atoms with Gasteiger partial charge in [-0.3, -0.25) is 0 Å². The van der Waals surface area contributed by atoms with Crippen molar-refractivity contribution < 1.29 is 0 Å². The predicted molar refractivity (Wildman–Crippen MR) is 94.1 cm³/mol. The summed E-state index contributed by atoms with van der Waals surface area (Å²) in [5.41, 5.74) is 1.60. The Kier molecular flexibility index (Phi) is 3.71. The second-order valence-electron chi connectivity index (χ2n) is 6.78. The molecule has 0 spiro atoms. The average molecular weight is 296 g/mol. The highest BCUT2D eigenvalue weighted by atomic mass is 32.2. The van der Waals surface area contributed by atoms with Crippen LogP contribution >= 0.6 is 11.8 Å². The van der Waals surface area contributed by atoms with Crippen LogP contribution in [0.4, 0.5) is 0 Å². The molecule has 4 atom stereocenters. The Morgan fingerprint density at radius 1 is 1.05 bits per heavy atom. The van der Waals surface area contributed by atoms with Crippen LogP contribution in [0.25, 0.3) is 10.8 Å². The fourth-order valence-corrected chi connectivity index (χ4v) is 6.37. The lowest BCUT2D eigenvalue weighted by Crippen LogP contribution is -2.28. The first-order chi connectivity index (χ1) is 10.3. The van der Waals surface area contributed by atoms with E-state index in [4.69, 9.17) is 0 Å². The van der Waals surface area contributed by atoms with Crippen LogP contribution in [0.2, 0.25) is 0 Å². The van der Waals surface area contributed by atoms with Crippen molar-refractivity contribution in [3.8, 4) is 0 Å². The van der Waals surface area contributed by atoms with Gasteiger partial charge in [-0.05, 0) is 53.9 Å². The maximum atomic E-state index is 2.47.